The van der Waals surface area contributed by atoms with Crippen molar-refractivity contribution in [3.8, 4) is 5.75 Å². The molecule has 0 aromatic heterocycles. The van der Waals surface area contributed by atoms with Gasteiger partial charge in [-0.25, -0.2) is 4.39 Å². The van der Waals surface area contributed by atoms with E-state index in [1.54, 1.807) is 30.2 Å². The Morgan fingerprint density at radius 1 is 0.907 bits per heavy atom. The normalized spacial score (nSPS) is 16.2. The quantitative estimate of drug-likeness (QED) is 0.199. The number of carbonyl (C=O) groups excluding carboxylic acids is 2. The van der Waals surface area contributed by atoms with Crippen LogP contribution in [0.3, 0.4) is 0 Å². The molecule has 1 heterocycles. The lowest BCUT2D eigenvalue weighted by Gasteiger charge is -2.42. The molecule has 0 spiro atoms. The highest BCUT2D eigenvalue weighted by Gasteiger charge is 2.44. The van der Waals surface area contributed by atoms with E-state index in [1.165, 1.54) is 17.7 Å². The average molecular weight is 580 g/mol. The van der Waals surface area contributed by atoms with E-state index < -0.39 is 12.0 Å². The first kappa shape index (κ1) is 30.0. The van der Waals surface area contributed by atoms with Gasteiger partial charge < -0.3 is 15.0 Å². The lowest BCUT2D eigenvalue weighted by atomic mass is 9.79. The number of nitrogens with one attached hydrogen (secondary N) is 1. The molecule has 4 aromatic rings. The average Bonchev–Trinajstić information content (AvgIpc) is 3.05. The van der Waals surface area contributed by atoms with E-state index in [9.17, 15) is 14.0 Å². The SMILES string of the molecule is CCN(CCCNC(=O)[C@H]1c2ccccc2C(=O)N(Cc2ccc(F)cc2)[C@@H]1c1ccc(OC)cc1)Cc1ccccc1. The predicted molar refractivity (Wildman–Crippen MR) is 166 cm³/mol. The molecule has 1 N–H and O–H groups in total. The molecule has 2 amide bonds. The number of rotatable bonds is 12. The molecule has 0 unspecified atom stereocenters. The Morgan fingerprint density at radius 3 is 2.30 bits per heavy atom. The first-order valence-electron chi connectivity index (χ1n) is 14.8. The van der Waals surface area contributed by atoms with Crippen molar-refractivity contribution >= 4 is 11.8 Å². The maximum atomic E-state index is 14.1. The minimum atomic E-state index is -0.630. The summed E-state index contributed by atoms with van der Waals surface area (Å²) < 4.78 is 19.1. The van der Waals surface area contributed by atoms with Gasteiger partial charge in [0.2, 0.25) is 5.91 Å². The third-order valence-electron chi connectivity index (χ3n) is 8.09. The van der Waals surface area contributed by atoms with Gasteiger partial charge in [-0.15, -0.1) is 0 Å². The summed E-state index contributed by atoms with van der Waals surface area (Å²) >= 11 is 0. The molecule has 222 valence electrons. The summed E-state index contributed by atoms with van der Waals surface area (Å²) in [5, 5.41) is 3.19. The third-order valence-corrected chi connectivity index (χ3v) is 8.09. The number of fused-ring (bicyclic) bond motifs is 1. The fourth-order valence-electron chi connectivity index (χ4n) is 5.82. The van der Waals surface area contributed by atoms with E-state index in [-0.39, 0.29) is 24.2 Å². The molecule has 0 saturated heterocycles. The predicted octanol–water partition coefficient (Wildman–Crippen LogP) is 6.34. The van der Waals surface area contributed by atoms with Gasteiger partial charge in [-0.1, -0.05) is 79.7 Å². The minimum Gasteiger partial charge on any atom is -0.497 e. The van der Waals surface area contributed by atoms with Crippen molar-refractivity contribution in [3.63, 3.8) is 0 Å². The van der Waals surface area contributed by atoms with Crippen LogP contribution in [0.1, 0.15) is 57.9 Å². The summed E-state index contributed by atoms with van der Waals surface area (Å²) in [5.74, 6) is -0.573. The molecule has 1 aliphatic heterocycles. The van der Waals surface area contributed by atoms with Gasteiger partial charge in [-0.05, 0) is 65.6 Å². The van der Waals surface area contributed by atoms with Crippen LogP contribution in [0.2, 0.25) is 0 Å². The van der Waals surface area contributed by atoms with Crippen LogP contribution in [0.4, 0.5) is 4.39 Å². The van der Waals surface area contributed by atoms with E-state index in [0.29, 0.717) is 23.4 Å². The summed E-state index contributed by atoms with van der Waals surface area (Å²) in [6.07, 6.45) is 0.798. The van der Waals surface area contributed by atoms with Crippen molar-refractivity contribution < 1.29 is 18.7 Å². The standard InChI is InChI=1S/C36H38FN3O3/c1-3-39(24-26-10-5-4-6-11-26)23-9-22-38-35(41)33-31-12-7-8-13-32(31)36(42)40(25-27-14-18-29(37)19-15-27)34(33)28-16-20-30(43-2)21-17-28/h4-8,10-21,33-34H,3,9,22-25H2,1-2H3,(H,38,41)/t33-,34+/m0/s1. The van der Waals surface area contributed by atoms with Crippen molar-refractivity contribution in [1.82, 2.24) is 15.1 Å². The number of carbonyl (C=O) groups is 2. The van der Waals surface area contributed by atoms with Crippen LogP contribution in [0.15, 0.2) is 103 Å². The van der Waals surface area contributed by atoms with Gasteiger partial charge >= 0.3 is 0 Å². The Balaban J connectivity index is 1.40. The minimum absolute atomic E-state index is 0.129. The molecule has 1 aliphatic rings. The Labute approximate surface area is 253 Å². The lowest BCUT2D eigenvalue weighted by Crippen LogP contribution is -2.47. The molecule has 6 nitrogen and oxygen atoms in total. The van der Waals surface area contributed by atoms with Gasteiger partial charge in [0, 0.05) is 31.7 Å². The number of benzene rings is 4. The monoisotopic (exact) mass is 579 g/mol. The van der Waals surface area contributed by atoms with Crippen LogP contribution in [-0.2, 0) is 17.9 Å². The second-order valence-electron chi connectivity index (χ2n) is 10.8. The first-order valence-corrected chi connectivity index (χ1v) is 14.8. The molecular formula is C36H38FN3O3. The molecule has 7 heteroatoms. The summed E-state index contributed by atoms with van der Waals surface area (Å²) in [6.45, 7) is 5.53. The van der Waals surface area contributed by atoms with E-state index in [2.05, 4.69) is 41.4 Å². The molecule has 2 atom stereocenters. The van der Waals surface area contributed by atoms with E-state index >= 15 is 0 Å². The molecule has 0 aliphatic carbocycles. The van der Waals surface area contributed by atoms with E-state index in [0.717, 1.165) is 37.2 Å². The number of halogens is 1. The van der Waals surface area contributed by atoms with E-state index in [1.807, 2.05) is 48.5 Å². The second kappa shape index (κ2) is 14.1. The number of hydrogen-bond acceptors (Lipinski definition) is 4. The summed E-state index contributed by atoms with van der Waals surface area (Å²) in [6, 6.07) is 30.8. The van der Waals surface area contributed by atoms with Crippen LogP contribution in [0.25, 0.3) is 0 Å². The molecule has 43 heavy (non-hydrogen) atoms. The summed E-state index contributed by atoms with van der Waals surface area (Å²) in [5.41, 5.74) is 4.09. The number of ether oxygens (including phenoxy) is 1. The highest BCUT2D eigenvalue weighted by molar-refractivity contribution is 6.01. The van der Waals surface area contributed by atoms with Gasteiger partial charge in [-0.3, -0.25) is 14.5 Å². The zero-order valence-electron chi connectivity index (χ0n) is 24.7. The third kappa shape index (κ3) is 7.12. The molecular weight excluding hydrogens is 541 g/mol. The molecule has 4 aromatic carbocycles. The van der Waals surface area contributed by atoms with Crippen molar-refractivity contribution in [2.45, 2.75) is 38.4 Å². The molecule has 0 radical (unpaired) electrons. The Hall–Kier alpha value is -4.49. The van der Waals surface area contributed by atoms with Gasteiger partial charge in [0.1, 0.15) is 11.6 Å². The van der Waals surface area contributed by atoms with Crippen LogP contribution >= 0.6 is 0 Å². The molecule has 0 saturated carbocycles. The lowest BCUT2D eigenvalue weighted by molar-refractivity contribution is -0.124. The van der Waals surface area contributed by atoms with Crippen molar-refractivity contribution in [2.75, 3.05) is 26.7 Å². The molecule has 5 rings (SSSR count). The zero-order valence-corrected chi connectivity index (χ0v) is 24.7. The van der Waals surface area contributed by atoms with Gasteiger partial charge in [-0.2, -0.15) is 0 Å². The fraction of sp³-hybridized carbons (Fsp3) is 0.278. The van der Waals surface area contributed by atoms with Crippen molar-refractivity contribution in [2.24, 2.45) is 0 Å². The largest absolute Gasteiger partial charge is 0.497 e. The topological polar surface area (TPSA) is 61.9 Å². The smallest absolute Gasteiger partial charge is 0.255 e. The Bertz CT molecular complexity index is 1510. The molecule has 0 bridgehead atoms. The van der Waals surface area contributed by atoms with Crippen LogP contribution in [-0.4, -0.2) is 48.4 Å². The van der Waals surface area contributed by atoms with Gasteiger partial charge in [0.15, 0.2) is 0 Å². The number of hydrogen-bond donors (Lipinski definition) is 1. The van der Waals surface area contributed by atoms with Crippen LogP contribution < -0.4 is 10.1 Å². The maximum absolute atomic E-state index is 14.1. The zero-order chi connectivity index (χ0) is 30.2. The number of methoxy groups -OCH3 is 1. The number of amides is 2. The fourth-order valence-corrected chi connectivity index (χ4v) is 5.82. The first-order chi connectivity index (χ1) is 21.0. The summed E-state index contributed by atoms with van der Waals surface area (Å²) in [4.78, 5) is 32.2. The highest BCUT2D eigenvalue weighted by atomic mass is 19.1. The van der Waals surface area contributed by atoms with Gasteiger partial charge in [0.25, 0.3) is 5.91 Å². The van der Waals surface area contributed by atoms with E-state index in [4.69, 9.17) is 4.74 Å². The maximum Gasteiger partial charge on any atom is 0.255 e. The Morgan fingerprint density at radius 2 is 1.60 bits per heavy atom. The number of nitrogens with zero attached hydrogens (tertiary/aromatic N) is 2. The summed E-state index contributed by atoms with van der Waals surface area (Å²) in [7, 11) is 1.60. The van der Waals surface area contributed by atoms with Crippen molar-refractivity contribution in [3.05, 3.63) is 137 Å². The Kier molecular flexibility index (Phi) is 9.84. The van der Waals surface area contributed by atoms with Crippen molar-refractivity contribution in [1.29, 1.82) is 0 Å². The van der Waals surface area contributed by atoms with Crippen LogP contribution in [0, 0.1) is 5.82 Å². The van der Waals surface area contributed by atoms with Crippen LogP contribution in [0.5, 0.6) is 5.75 Å². The second-order valence-corrected chi connectivity index (χ2v) is 10.8. The molecule has 0 fully saturated rings. The van der Waals surface area contributed by atoms with Gasteiger partial charge in [0.05, 0.1) is 19.1 Å². The highest BCUT2D eigenvalue weighted by Crippen LogP contribution is 2.44.